The number of imidazole rings is 1. The molecular weight excluding hydrogens is 462 g/mol. The lowest BCUT2D eigenvalue weighted by molar-refractivity contribution is -0.137. The zero-order chi connectivity index (χ0) is 23.1. The number of ether oxygens (including phenoxy) is 1. The summed E-state index contributed by atoms with van der Waals surface area (Å²) in [6, 6.07) is 8.75. The first-order valence-corrected chi connectivity index (χ1v) is 10.8. The number of aromatic amines is 1. The predicted molar refractivity (Wildman–Crippen MR) is 121 cm³/mol. The van der Waals surface area contributed by atoms with E-state index in [1.807, 2.05) is 45.0 Å². The minimum atomic E-state index is -0.790. The number of carbonyl (C=O) groups excluding carboxylic acids is 2. The fourth-order valence-electron chi connectivity index (χ4n) is 3.13. The molecule has 1 aromatic heterocycles. The first kappa shape index (κ1) is 24.4. The van der Waals surface area contributed by atoms with Crippen LogP contribution in [0.2, 0.25) is 0 Å². The van der Waals surface area contributed by atoms with Gasteiger partial charge >= 0.3 is 6.09 Å². The summed E-state index contributed by atoms with van der Waals surface area (Å²) in [6.45, 7) is 7.49. The van der Waals surface area contributed by atoms with Crippen molar-refractivity contribution in [3.8, 4) is 17.3 Å². The minimum Gasteiger partial charge on any atom is -0.453 e. The van der Waals surface area contributed by atoms with E-state index in [0.29, 0.717) is 5.82 Å². The van der Waals surface area contributed by atoms with E-state index < -0.39 is 24.1 Å². The van der Waals surface area contributed by atoms with Gasteiger partial charge in [-0.15, -0.1) is 0 Å². The number of alkyl carbamates (subject to hydrolysis) is 1. The number of amides is 2. The fraction of sp³-hybridized carbons (Fsp3) is 0.455. The molecule has 2 N–H and O–H groups in total. The number of nitrogens with one attached hydrogen (secondary N) is 2. The van der Waals surface area contributed by atoms with Gasteiger partial charge in [-0.3, -0.25) is 4.79 Å². The fourth-order valence-corrected chi connectivity index (χ4v) is 3.39. The van der Waals surface area contributed by atoms with Crippen molar-refractivity contribution in [1.29, 1.82) is 5.26 Å². The van der Waals surface area contributed by atoms with Crippen LogP contribution in [-0.2, 0) is 9.53 Å². The van der Waals surface area contributed by atoms with Gasteiger partial charge in [-0.1, -0.05) is 41.9 Å². The first-order chi connectivity index (χ1) is 14.7. The topological polar surface area (TPSA) is 111 Å². The van der Waals surface area contributed by atoms with Crippen molar-refractivity contribution in [2.75, 3.05) is 13.7 Å². The molecular formula is C22H28BrN5O3. The van der Waals surface area contributed by atoms with Crippen LogP contribution in [0.25, 0.3) is 11.3 Å². The summed E-state index contributed by atoms with van der Waals surface area (Å²) in [5, 5.41) is 11.9. The normalized spacial score (nSPS) is 13.7. The number of nitrogens with zero attached hydrogens (tertiary/aromatic N) is 3. The van der Waals surface area contributed by atoms with Gasteiger partial charge in [-0.05, 0) is 37.5 Å². The summed E-state index contributed by atoms with van der Waals surface area (Å²) >= 11 is 3.42. The summed E-state index contributed by atoms with van der Waals surface area (Å²) < 4.78 is 5.65. The molecule has 0 bridgehead atoms. The number of benzene rings is 1. The maximum Gasteiger partial charge on any atom is 0.407 e. The van der Waals surface area contributed by atoms with Gasteiger partial charge in [0.25, 0.3) is 0 Å². The van der Waals surface area contributed by atoms with E-state index in [1.54, 1.807) is 18.0 Å². The second kappa shape index (κ2) is 11.0. The molecule has 2 rings (SSSR count). The first-order valence-electron chi connectivity index (χ1n) is 10.0. The van der Waals surface area contributed by atoms with Crippen LogP contribution in [0.4, 0.5) is 4.79 Å². The highest BCUT2D eigenvalue weighted by Gasteiger charge is 2.33. The third kappa shape index (κ3) is 6.31. The maximum absolute atomic E-state index is 13.4. The Morgan fingerprint density at radius 3 is 2.45 bits per heavy atom. The van der Waals surface area contributed by atoms with Crippen LogP contribution in [0.1, 0.15) is 39.6 Å². The Hall–Kier alpha value is -2.86. The highest BCUT2D eigenvalue weighted by Crippen LogP contribution is 2.25. The Balaban J connectivity index is 2.34. The molecule has 0 saturated carbocycles. The highest BCUT2D eigenvalue weighted by molar-refractivity contribution is 9.10. The zero-order valence-electron chi connectivity index (χ0n) is 18.3. The Morgan fingerprint density at radius 2 is 1.90 bits per heavy atom. The molecule has 1 heterocycles. The van der Waals surface area contributed by atoms with Gasteiger partial charge in [0.15, 0.2) is 0 Å². The lowest BCUT2D eigenvalue weighted by Gasteiger charge is -2.33. The predicted octanol–water partition coefficient (Wildman–Crippen LogP) is 4.27. The van der Waals surface area contributed by atoms with E-state index in [0.717, 1.165) is 15.7 Å². The quantitative estimate of drug-likeness (QED) is 0.574. The monoisotopic (exact) mass is 489 g/mol. The van der Waals surface area contributed by atoms with Crippen molar-refractivity contribution in [1.82, 2.24) is 20.2 Å². The van der Waals surface area contributed by atoms with E-state index in [-0.39, 0.29) is 18.4 Å². The van der Waals surface area contributed by atoms with Crippen molar-refractivity contribution in [2.24, 2.45) is 11.8 Å². The van der Waals surface area contributed by atoms with E-state index in [9.17, 15) is 14.9 Å². The number of aromatic nitrogens is 2. The molecule has 0 aliphatic heterocycles. The van der Waals surface area contributed by atoms with Gasteiger partial charge in [0, 0.05) is 11.0 Å². The van der Waals surface area contributed by atoms with Crippen molar-refractivity contribution in [3.63, 3.8) is 0 Å². The van der Waals surface area contributed by atoms with Crippen LogP contribution in [-0.4, -0.2) is 46.6 Å². The Labute approximate surface area is 191 Å². The number of halogens is 1. The van der Waals surface area contributed by atoms with Gasteiger partial charge in [-0.2, -0.15) is 5.26 Å². The van der Waals surface area contributed by atoms with Crippen LogP contribution in [0.15, 0.2) is 34.9 Å². The molecule has 31 heavy (non-hydrogen) atoms. The molecule has 0 spiro atoms. The summed E-state index contributed by atoms with van der Waals surface area (Å²) in [7, 11) is 1.25. The highest BCUT2D eigenvalue weighted by atomic mass is 79.9. The van der Waals surface area contributed by atoms with Gasteiger partial charge in [0.1, 0.15) is 11.9 Å². The van der Waals surface area contributed by atoms with Crippen LogP contribution >= 0.6 is 15.9 Å². The molecule has 0 aliphatic rings. The van der Waals surface area contributed by atoms with Gasteiger partial charge in [0.2, 0.25) is 5.91 Å². The van der Waals surface area contributed by atoms with Crippen molar-refractivity contribution < 1.29 is 14.3 Å². The lowest BCUT2D eigenvalue weighted by atomic mass is 10.0. The van der Waals surface area contributed by atoms with Crippen LogP contribution in [0.5, 0.6) is 0 Å². The molecule has 0 saturated heterocycles. The third-order valence-corrected chi connectivity index (χ3v) is 5.51. The van der Waals surface area contributed by atoms with Crippen molar-refractivity contribution >= 4 is 27.9 Å². The van der Waals surface area contributed by atoms with Crippen molar-refractivity contribution in [3.05, 3.63) is 40.8 Å². The smallest absolute Gasteiger partial charge is 0.407 e. The molecule has 0 radical (unpaired) electrons. The van der Waals surface area contributed by atoms with E-state index in [2.05, 4.69) is 42.0 Å². The summed E-state index contributed by atoms with van der Waals surface area (Å²) in [4.78, 5) is 34.5. The van der Waals surface area contributed by atoms with E-state index in [4.69, 9.17) is 0 Å². The molecule has 3 atom stereocenters. The molecule has 0 aliphatic carbocycles. The van der Waals surface area contributed by atoms with Crippen LogP contribution < -0.4 is 5.32 Å². The molecule has 9 heteroatoms. The average Bonchev–Trinajstić information content (AvgIpc) is 3.25. The van der Waals surface area contributed by atoms with Gasteiger partial charge in [-0.25, -0.2) is 9.78 Å². The lowest BCUT2D eigenvalue weighted by Crippen LogP contribution is -2.52. The number of nitriles is 1. The number of carbonyl (C=O) groups is 2. The number of hydrogen-bond donors (Lipinski definition) is 2. The molecule has 0 fully saturated rings. The number of hydrogen-bond acceptors (Lipinski definition) is 5. The SMILES string of the molecule is COC(=O)N[C@H](C(=O)N(C[C@H](C)C#N)[C@@H](C)c1ncc(-c2ccc(Br)cc2)[nH]1)C(C)C. The molecule has 1 aromatic carbocycles. The minimum absolute atomic E-state index is 0.173. The molecule has 0 unspecified atom stereocenters. The molecule has 166 valence electrons. The maximum atomic E-state index is 13.4. The summed E-state index contributed by atoms with van der Waals surface area (Å²) in [5.41, 5.74) is 1.79. The largest absolute Gasteiger partial charge is 0.453 e. The number of methoxy groups -OCH3 is 1. The van der Waals surface area contributed by atoms with E-state index in [1.165, 1.54) is 7.11 Å². The number of H-pyrrole nitrogens is 1. The Morgan fingerprint density at radius 1 is 1.26 bits per heavy atom. The Kier molecular flexibility index (Phi) is 8.63. The third-order valence-electron chi connectivity index (χ3n) is 4.98. The Bertz CT molecular complexity index is 935. The summed E-state index contributed by atoms with van der Waals surface area (Å²) in [5.74, 6) is -0.263. The second-order valence-corrected chi connectivity index (χ2v) is 8.66. The number of rotatable bonds is 8. The average molecular weight is 490 g/mol. The van der Waals surface area contributed by atoms with Gasteiger partial charge in [0.05, 0.1) is 37.0 Å². The molecule has 2 aromatic rings. The van der Waals surface area contributed by atoms with E-state index >= 15 is 0 Å². The second-order valence-electron chi connectivity index (χ2n) is 7.74. The molecule has 2 amide bonds. The zero-order valence-corrected chi connectivity index (χ0v) is 19.9. The standard InChI is InChI=1S/C22H28BrN5O3/c1-13(2)19(27-22(30)31-5)21(29)28(12-14(3)10-24)15(4)20-25-11-18(26-20)16-6-8-17(23)9-7-16/h6-9,11,13-15,19H,12H2,1-5H3,(H,25,26)(H,27,30)/t14-,15+,19+/m1/s1. The van der Waals surface area contributed by atoms with Crippen LogP contribution in [0.3, 0.4) is 0 Å². The van der Waals surface area contributed by atoms with Crippen LogP contribution in [0, 0.1) is 23.2 Å². The summed E-state index contributed by atoms with van der Waals surface area (Å²) in [6.07, 6.45) is 1.04. The van der Waals surface area contributed by atoms with Crippen molar-refractivity contribution in [2.45, 2.75) is 39.8 Å². The molecule has 8 nitrogen and oxygen atoms in total. The van der Waals surface area contributed by atoms with Gasteiger partial charge < -0.3 is 19.9 Å².